The minimum absolute atomic E-state index is 0.529. The normalized spacial score (nSPS) is 18.8. The van der Waals surface area contributed by atoms with Crippen LogP contribution in [0.1, 0.15) is 29.9 Å². The second-order valence-electron chi connectivity index (χ2n) is 5.88. The van der Waals surface area contributed by atoms with Crippen molar-refractivity contribution in [3.8, 4) is 11.5 Å². The van der Waals surface area contributed by atoms with Crippen molar-refractivity contribution >= 4 is 11.6 Å². The summed E-state index contributed by atoms with van der Waals surface area (Å²) in [7, 11) is 3.23. The molecule has 6 heteroatoms. The van der Waals surface area contributed by atoms with E-state index < -0.39 is 0 Å². The van der Waals surface area contributed by atoms with E-state index in [9.17, 15) is 0 Å². The summed E-state index contributed by atoms with van der Waals surface area (Å²) in [4.78, 5) is 2.44. The molecule has 1 fully saturated rings. The zero-order valence-electron chi connectivity index (χ0n) is 13.5. The molecule has 1 aliphatic rings. The van der Waals surface area contributed by atoms with Crippen LogP contribution >= 0.6 is 11.6 Å². The highest BCUT2D eigenvalue weighted by molar-refractivity contribution is 6.33. The van der Waals surface area contributed by atoms with Crippen LogP contribution in [0.2, 0.25) is 5.02 Å². The van der Waals surface area contributed by atoms with E-state index in [1.807, 2.05) is 24.5 Å². The lowest BCUT2D eigenvalue weighted by atomic mass is 9.92. The van der Waals surface area contributed by atoms with Crippen molar-refractivity contribution in [3.05, 3.63) is 40.7 Å². The minimum atomic E-state index is 0.529. The first-order valence-electron chi connectivity index (χ1n) is 7.83. The number of likely N-dealkylation sites (tertiary alicyclic amines) is 1. The van der Waals surface area contributed by atoms with Crippen molar-refractivity contribution in [3.63, 3.8) is 0 Å². The van der Waals surface area contributed by atoms with E-state index in [1.165, 1.54) is 18.4 Å². The van der Waals surface area contributed by atoms with Crippen LogP contribution in [0.3, 0.4) is 0 Å². The Morgan fingerprint density at radius 1 is 1.35 bits per heavy atom. The standard InChI is InChI=1S/C17H22ClN3O2/c1-22-15-6-5-13(16(18)17(15)23-2)11-21-7-3-4-12(10-21)14-8-19-20-9-14/h5-6,8-9,12H,3-4,7,10-11H2,1-2H3,(H,19,20)/t12-/m1/s1. The molecule has 0 saturated carbocycles. The van der Waals surface area contributed by atoms with Gasteiger partial charge in [-0.1, -0.05) is 17.7 Å². The van der Waals surface area contributed by atoms with Gasteiger partial charge in [0.25, 0.3) is 0 Å². The Labute approximate surface area is 141 Å². The van der Waals surface area contributed by atoms with Crippen molar-refractivity contribution in [2.24, 2.45) is 0 Å². The third kappa shape index (κ3) is 3.46. The zero-order valence-corrected chi connectivity index (χ0v) is 14.3. The number of methoxy groups -OCH3 is 2. The summed E-state index contributed by atoms with van der Waals surface area (Å²) in [6.07, 6.45) is 6.31. The van der Waals surface area contributed by atoms with Crippen LogP contribution in [0.4, 0.5) is 0 Å². The van der Waals surface area contributed by atoms with Crippen molar-refractivity contribution < 1.29 is 9.47 Å². The lowest BCUT2D eigenvalue weighted by Gasteiger charge is -2.32. The highest BCUT2D eigenvalue weighted by atomic mass is 35.5. The second kappa shape index (κ2) is 7.23. The molecule has 0 unspecified atom stereocenters. The Balaban J connectivity index is 1.74. The van der Waals surface area contributed by atoms with Gasteiger partial charge in [-0.2, -0.15) is 5.10 Å². The number of rotatable bonds is 5. The Kier molecular flexibility index (Phi) is 5.08. The van der Waals surface area contributed by atoms with E-state index >= 15 is 0 Å². The Bertz CT molecular complexity index is 646. The number of H-pyrrole nitrogens is 1. The number of hydrogen-bond donors (Lipinski definition) is 1. The first kappa shape index (κ1) is 16.1. The molecule has 0 spiro atoms. The average molecular weight is 336 g/mol. The maximum Gasteiger partial charge on any atom is 0.179 e. The van der Waals surface area contributed by atoms with Crippen molar-refractivity contribution in [1.82, 2.24) is 15.1 Å². The molecule has 2 aromatic rings. The molecule has 23 heavy (non-hydrogen) atoms. The second-order valence-corrected chi connectivity index (χ2v) is 6.26. The van der Waals surface area contributed by atoms with Gasteiger partial charge in [0, 0.05) is 19.3 Å². The van der Waals surface area contributed by atoms with Gasteiger partial charge < -0.3 is 9.47 Å². The summed E-state index contributed by atoms with van der Waals surface area (Å²) in [6.45, 7) is 2.91. The molecular formula is C17H22ClN3O2. The number of ether oxygens (including phenoxy) is 2. The van der Waals surface area contributed by atoms with Gasteiger partial charge in [0.2, 0.25) is 0 Å². The van der Waals surface area contributed by atoms with E-state index in [1.54, 1.807) is 14.2 Å². The topological polar surface area (TPSA) is 50.4 Å². The smallest absolute Gasteiger partial charge is 0.179 e. The van der Waals surface area contributed by atoms with Crippen LogP contribution in [-0.4, -0.2) is 42.4 Å². The fourth-order valence-electron chi connectivity index (χ4n) is 3.25. The highest BCUT2D eigenvalue weighted by Crippen LogP contribution is 2.38. The van der Waals surface area contributed by atoms with Crippen molar-refractivity contribution in [2.75, 3.05) is 27.3 Å². The van der Waals surface area contributed by atoms with Crippen molar-refractivity contribution in [1.29, 1.82) is 0 Å². The molecule has 1 aromatic carbocycles. The predicted octanol–water partition coefficient (Wildman–Crippen LogP) is 3.46. The van der Waals surface area contributed by atoms with Crippen LogP contribution in [0.15, 0.2) is 24.5 Å². The van der Waals surface area contributed by atoms with Gasteiger partial charge in [-0.25, -0.2) is 0 Å². The van der Waals surface area contributed by atoms with Gasteiger partial charge in [-0.3, -0.25) is 10.00 Å². The van der Waals surface area contributed by atoms with E-state index in [2.05, 4.69) is 15.1 Å². The molecule has 1 aliphatic heterocycles. The Morgan fingerprint density at radius 2 is 2.22 bits per heavy atom. The first-order chi connectivity index (χ1) is 11.2. The van der Waals surface area contributed by atoms with Gasteiger partial charge in [0.05, 0.1) is 25.4 Å². The molecular weight excluding hydrogens is 314 g/mol. The zero-order chi connectivity index (χ0) is 16.2. The number of hydrogen-bond acceptors (Lipinski definition) is 4. The number of nitrogens with one attached hydrogen (secondary N) is 1. The average Bonchev–Trinajstić information content (AvgIpc) is 3.11. The molecule has 5 nitrogen and oxygen atoms in total. The number of nitrogens with zero attached hydrogens (tertiary/aromatic N) is 2. The molecule has 3 rings (SSSR count). The molecule has 2 heterocycles. The summed E-state index contributed by atoms with van der Waals surface area (Å²) in [6, 6.07) is 3.93. The predicted molar refractivity (Wildman–Crippen MR) is 90.4 cm³/mol. The molecule has 124 valence electrons. The van der Waals surface area contributed by atoms with Crippen LogP contribution < -0.4 is 9.47 Å². The number of piperidine rings is 1. The molecule has 0 radical (unpaired) electrons. The van der Waals surface area contributed by atoms with Gasteiger partial charge in [-0.15, -0.1) is 0 Å². The molecule has 1 N–H and O–H groups in total. The molecule has 0 bridgehead atoms. The largest absolute Gasteiger partial charge is 0.493 e. The summed E-state index contributed by atoms with van der Waals surface area (Å²) < 4.78 is 10.7. The minimum Gasteiger partial charge on any atom is -0.493 e. The SMILES string of the molecule is COc1ccc(CN2CCC[C@@H](c3cn[nH]c3)C2)c(Cl)c1OC. The van der Waals surface area contributed by atoms with Crippen LogP contribution in [0.25, 0.3) is 0 Å². The summed E-state index contributed by atoms with van der Waals surface area (Å²) in [5.41, 5.74) is 2.35. The first-order valence-corrected chi connectivity index (χ1v) is 8.21. The fourth-order valence-corrected chi connectivity index (χ4v) is 3.54. The number of aromatic amines is 1. The summed E-state index contributed by atoms with van der Waals surface area (Å²) >= 11 is 6.50. The quantitative estimate of drug-likeness (QED) is 0.909. The monoisotopic (exact) mass is 335 g/mol. The number of halogens is 1. The van der Waals surface area contributed by atoms with Gasteiger partial charge in [0.1, 0.15) is 0 Å². The fraction of sp³-hybridized carbons (Fsp3) is 0.471. The highest BCUT2D eigenvalue weighted by Gasteiger charge is 2.23. The third-order valence-electron chi connectivity index (χ3n) is 4.46. The lowest BCUT2D eigenvalue weighted by molar-refractivity contribution is 0.200. The van der Waals surface area contributed by atoms with Crippen molar-refractivity contribution in [2.45, 2.75) is 25.3 Å². The van der Waals surface area contributed by atoms with Gasteiger partial charge in [-0.05, 0) is 42.5 Å². The van der Waals surface area contributed by atoms with E-state index in [0.29, 0.717) is 22.4 Å². The number of aromatic nitrogens is 2. The Hall–Kier alpha value is -1.72. The van der Waals surface area contributed by atoms with E-state index in [0.717, 1.165) is 25.2 Å². The van der Waals surface area contributed by atoms with Crippen LogP contribution in [-0.2, 0) is 6.54 Å². The van der Waals surface area contributed by atoms with Crippen LogP contribution in [0, 0.1) is 0 Å². The molecule has 1 aromatic heterocycles. The lowest BCUT2D eigenvalue weighted by Crippen LogP contribution is -2.33. The third-order valence-corrected chi connectivity index (χ3v) is 4.87. The van der Waals surface area contributed by atoms with Crippen LogP contribution in [0.5, 0.6) is 11.5 Å². The number of benzene rings is 1. The summed E-state index contributed by atoms with van der Waals surface area (Å²) in [5, 5.41) is 7.61. The molecule has 0 amide bonds. The maximum atomic E-state index is 6.50. The Morgan fingerprint density at radius 3 is 2.91 bits per heavy atom. The molecule has 1 saturated heterocycles. The van der Waals surface area contributed by atoms with Gasteiger partial charge in [0.15, 0.2) is 11.5 Å². The van der Waals surface area contributed by atoms with E-state index in [4.69, 9.17) is 21.1 Å². The van der Waals surface area contributed by atoms with E-state index in [-0.39, 0.29) is 0 Å². The summed E-state index contributed by atoms with van der Waals surface area (Å²) in [5.74, 6) is 1.80. The molecule has 0 aliphatic carbocycles. The maximum absolute atomic E-state index is 6.50. The molecule has 1 atom stereocenters. The van der Waals surface area contributed by atoms with Gasteiger partial charge >= 0.3 is 0 Å².